The number of nitrogens with zero attached hydrogens (tertiary/aromatic N) is 1. The smallest absolute Gasteiger partial charge is 0.226 e. The third kappa shape index (κ3) is 2.47. The summed E-state index contributed by atoms with van der Waals surface area (Å²) in [6, 6.07) is 1.44. The fraction of sp³-hybridized carbons (Fsp3) is 0.125. The van der Waals surface area contributed by atoms with E-state index in [0.717, 1.165) is 0 Å². The van der Waals surface area contributed by atoms with Crippen LogP contribution in [-0.2, 0) is 0 Å². The minimum absolute atomic E-state index is 0.00336. The molecule has 0 bridgehead atoms. The highest BCUT2D eigenvalue weighted by Gasteiger charge is 1.99. The molecule has 0 radical (unpaired) electrons. The van der Waals surface area contributed by atoms with Gasteiger partial charge in [0, 0.05) is 11.8 Å². The van der Waals surface area contributed by atoms with Crippen LogP contribution < -0.4 is 0 Å². The number of hydrogen-bond acceptors (Lipinski definition) is 1. The average Bonchev–Trinajstić information content (AvgIpc) is 2.07. The fourth-order valence-electron chi connectivity index (χ4n) is 0.625. The van der Waals surface area contributed by atoms with Crippen LogP contribution in [0.15, 0.2) is 12.3 Å². The SMILES string of the molecule is Fc1ncc(C#CCBr)cc1Cl. The maximum absolute atomic E-state index is 12.5. The highest BCUT2D eigenvalue weighted by molar-refractivity contribution is 9.09. The van der Waals surface area contributed by atoms with E-state index in [9.17, 15) is 4.39 Å². The van der Waals surface area contributed by atoms with Crippen LogP contribution >= 0.6 is 27.5 Å². The van der Waals surface area contributed by atoms with Crippen molar-refractivity contribution in [3.05, 3.63) is 28.8 Å². The van der Waals surface area contributed by atoms with Gasteiger partial charge in [-0.05, 0) is 6.07 Å². The molecule has 0 atom stereocenters. The van der Waals surface area contributed by atoms with Crippen LogP contribution in [0.5, 0.6) is 0 Å². The van der Waals surface area contributed by atoms with Crippen molar-refractivity contribution in [2.45, 2.75) is 0 Å². The molecule has 1 aromatic heterocycles. The summed E-state index contributed by atoms with van der Waals surface area (Å²) in [5.41, 5.74) is 0.612. The monoisotopic (exact) mass is 247 g/mol. The molecule has 0 aliphatic carbocycles. The molecule has 1 nitrogen and oxygen atoms in total. The normalized spacial score (nSPS) is 8.92. The Bertz CT molecular complexity index is 343. The number of halogens is 3. The molecule has 1 aromatic rings. The molecule has 0 spiro atoms. The highest BCUT2D eigenvalue weighted by atomic mass is 79.9. The molecule has 0 saturated carbocycles. The number of pyridine rings is 1. The standard InChI is InChI=1S/C8H4BrClFN/c9-3-1-2-6-4-7(10)8(11)12-5-6/h4-5H,3H2. The van der Waals surface area contributed by atoms with Crippen LogP contribution in [0.1, 0.15) is 5.56 Å². The van der Waals surface area contributed by atoms with E-state index in [1.165, 1.54) is 12.3 Å². The molecule has 0 unspecified atom stereocenters. The third-order valence-electron chi connectivity index (χ3n) is 1.10. The zero-order valence-corrected chi connectivity index (χ0v) is 8.28. The second-order valence-electron chi connectivity index (χ2n) is 1.93. The zero-order valence-electron chi connectivity index (χ0n) is 5.94. The van der Waals surface area contributed by atoms with E-state index in [-0.39, 0.29) is 5.02 Å². The summed E-state index contributed by atoms with van der Waals surface area (Å²) in [7, 11) is 0. The van der Waals surface area contributed by atoms with Crippen LogP contribution in [-0.4, -0.2) is 10.3 Å². The first-order valence-electron chi connectivity index (χ1n) is 3.10. The van der Waals surface area contributed by atoms with Crippen molar-refractivity contribution in [1.29, 1.82) is 0 Å². The Labute approximate surface area is 83.1 Å². The lowest BCUT2D eigenvalue weighted by Gasteiger charge is -1.92. The zero-order chi connectivity index (χ0) is 8.97. The second-order valence-corrected chi connectivity index (χ2v) is 2.90. The Morgan fingerprint density at radius 2 is 2.42 bits per heavy atom. The van der Waals surface area contributed by atoms with Crippen molar-refractivity contribution in [2.24, 2.45) is 0 Å². The summed E-state index contributed by atoms with van der Waals surface area (Å²) in [6.07, 6.45) is 1.34. The lowest BCUT2D eigenvalue weighted by Crippen LogP contribution is -1.85. The largest absolute Gasteiger partial charge is 0.231 e. The maximum atomic E-state index is 12.5. The van der Waals surface area contributed by atoms with Crippen LogP contribution in [0.25, 0.3) is 0 Å². The predicted octanol–water partition coefficient (Wildman–Crippen LogP) is 2.62. The van der Waals surface area contributed by atoms with Crippen molar-refractivity contribution in [3.63, 3.8) is 0 Å². The summed E-state index contributed by atoms with van der Waals surface area (Å²) < 4.78 is 12.5. The topological polar surface area (TPSA) is 12.9 Å². The van der Waals surface area contributed by atoms with E-state index in [1.54, 1.807) is 0 Å². The lowest BCUT2D eigenvalue weighted by atomic mass is 10.3. The van der Waals surface area contributed by atoms with Crippen molar-refractivity contribution in [2.75, 3.05) is 5.33 Å². The fourth-order valence-corrected chi connectivity index (χ4v) is 0.932. The number of alkyl halides is 1. The molecule has 4 heteroatoms. The molecule has 0 aromatic carbocycles. The summed E-state index contributed by atoms with van der Waals surface area (Å²) in [5, 5.41) is 0.568. The number of rotatable bonds is 0. The van der Waals surface area contributed by atoms with Gasteiger partial charge in [0.05, 0.1) is 10.4 Å². The molecule has 0 N–H and O–H groups in total. The van der Waals surface area contributed by atoms with Gasteiger partial charge in [0.15, 0.2) is 0 Å². The predicted molar refractivity (Wildman–Crippen MR) is 49.9 cm³/mol. The van der Waals surface area contributed by atoms with Crippen molar-refractivity contribution in [1.82, 2.24) is 4.98 Å². The van der Waals surface area contributed by atoms with Crippen LogP contribution in [0, 0.1) is 17.8 Å². The molecule has 0 aliphatic rings. The van der Waals surface area contributed by atoms with E-state index < -0.39 is 5.95 Å². The maximum Gasteiger partial charge on any atom is 0.231 e. The van der Waals surface area contributed by atoms with Gasteiger partial charge in [-0.25, -0.2) is 4.98 Å². The highest BCUT2D eigenvalue weighted by Crippen LogP contribution is 2.12. The van der Waals surface area contributed by atoms with Gasteiger partial charge in [-0.15, -0.1) is 0 Å². The van der Waals surface area contributed by atoms with E-state index >= 15 is 0 Å². The molecular formula is C8H4BrClFN. The minimum Gasteiger partial charge on any atom is -0.226 e. The molecule has 12 heavy (non-hydrogen) atoms. The van der Waals surface area contributed by atoms with Gasteiger partial charge in [-0.2, -0.15) is 4.39 Å². The lowest BCUT2D eigenvalue weighted by molar-refractivity contribution is 0.584. The molecule has 0 fully saturated rings. The van der Waals surface area contributed by atoms with Crippen molar-refractivity contribution < 1.29 is 4.39 Å². The first kappa shape index (κ1) is 9.50. The van der Waals surface area contributed by atoms with Crippen LogP contribution in [0.3, 0.4) is 0 Å². The Morgan fingerprint density at radius 1 is 1.67 bits per heavy atom. The van der Waals surface area contributed by atoms with E-state index in [2.05, 4.69) is 32.8 Å². The van der Waals surface area contributed by atoms with Gasteiger partial charge in [-0.3, -0.25) is 0 Å². The van der Waals surface area contributed by atoms with Crippen LogP contribution in [0.4, 0.5) is 4.39 Å². The van der Waals surface area contributed by atoms with E-state index in [1.807, 2.05) is 0 Å². The first-order chi connectivity index (χ1) is 5.74. The van der Waals surface area contributed by atoms with Gasteiger partial charge in [-0.1, -0.05) is 39.4 Å². The molecule has 0 saturated heterocycles. The molecule has 62 valence electrons. The van der Waals surface area contributed by atoms with Crippen molar-refractivity contribution in [3.8, 4) is 11.8 Å². The second kappa shape index (κ2) is 4.44. The van der Waals surface area contributed by atoms with Gasteiger partial charge < -0.3 is 0 Å². The Morgan fingerprint density at radius 3 is 3.00 bits per heavy atom. The molecule has 1 rings (SSSR count). The molecular weight excluding hydrogens is 244 g/mol. The summed E-state index contributed by atoms with van der Waals surface area (Å²) in [5.74, 6) is 4.84. The number of hydrogen-bond donors (Lipinski definition) is 0. The van der Waals surface area contributed by atoms with E-state index in [4.69, 9.17) is 11.6 Å². The molecule has 1 heterocycles. The quantitative estimate of drug-likeness (QED) is 0.391. The first-order valence-corrected chi connectivity index (χ1v) is 4.60. The Hall–Kier alpha value is -0.590. The molecule has 0 amide bonds. The number of aromatic nitrogens is 1. The molecule has 0 aliphatic heterocycles. The minimum atomic E-state index is -0.666. The third-order valence-corrected chi connectivity index (χ3v) is 1.64. The Kier molecular flexibility index (Phi) is 3.51. The average molecular weight is 248 g/mol. The van der Waals surface area contributed by atoms with E-state index in [0.29, 0.717) is 10.9 Å². The van der Waals surface area contributed by atoms with Gasteiger partial charge >= 0.3 is 0 Å². The summed E-state index contributed by atoms with van der Waals surface area (Å²) in [4.78, 5) is 3.42. The van der Waals surface area contributed by atoms with Gasteiger partial charge in [0.2, 0.25) is 5.95 Å². The van der Waals surface area contributed by atoms with Crippen molar-refractivity contribution >= 4 is 27.5 Å². The summed E-state index contributed by atoms with van der Waals surface area (Å²) in [6.45, 7) is 0. The van der Waals surface area contributed by atoms with Gasteiger partial charge in [0.1, 0.15) is 0 Å². The van der Waals surface area contributed by atoms with Crippen LogP contribution in [0.2, 0.25) is 5.02 Å². The Balaban J connectivity index is 2.97. The summed E-state index contributed by atoms with van der Waals surface area (Å²) >= 11 is 8.61. The van der Waals surface area contributed by atoms with Gasteiger partial charge in [0.25, 0.3) is 0 Å².